The van der Waals surface area contributed by atoms with E-state index in [1.165, 1.54) is 5.57 Å². The van der Waals surface area contributed by atoms with Gasteiger partial charge in [0.2, 0.25) is 0 Å². The molecule has 0 spiro atoms. The summed E-state index contributed by atoms with van der Waals surface area (Å²) >= 11 is 0. The van der Waals surface area contributed by atoms with Gasteiger partial charge in [0.25, 0.3) is 0 Å². The fraction of sp³-hybridized carbons (Fsp3) is 0.333. The zero-order chi connectivity index (χ0) is 7.40. The largest absolute Gasteiger partial charge is 0.350 e. The predicted octanol–water partition coefficient (Wildman–Crippen LogP) is 2.45. The van der Waals surface area contributed by atoms with Crippen LogP contribution in [0.3, 0.4) is 0 Å². The van der Waals surface area contributed by atoms with Gasteiger partial charge in [-0.15, -0.1) is 0 Å². The molecule has 54 valence electrons. The van der Waals surface area contributed by atoms with Crippen LogP contribution in [0.1, 0.15) is 13.3 Å². The Balaban J connectivity index is 2.48. The lowest BCUT2D eigenvalue weighted by molar-refractivity contribution is 0.766. The zero-order valence-electron chi connectivity index (χ0n) is 6.38. The molecule has 0 radical (unpaired) electrons. The Labute approximate surface area is 62.0 Å². The van der Waals surface area contributed by atoms with Crippen LogP contribution < -0.4 is 0 Å². The van der Waals surface area contributed by atoms with Crippen molar-refractivity contribution in [1.82, 2.24) is 4.57 Å². The van der Waals surface area contributed by atoms with E-state index in [9.17, 15) is 0 Å². The minimum Gasteiger partial charge on any atom is -0.350 e. The lowest BCUT2D eigenvalue weighted by atomic mass is 10.2. The molecule has 0 unspecified atom stereocenters. The monoisotopic (exact) mass is 135 g/mol. The molecule has 0 bridgehead atoms. The third kappa shape index (κ3) is 1.76. The maximum absolute atomic E-state index is 3.93. The molecule has 0 amide bonds. The third-order valence-corrected chi connectivity index (χ3v) is 1.57. The van der Waals surface area contributed by atoms with Gasteiger partial charge in [-0.3, -0.25) is 0 Å². The summed E-state index contributed by atoms with van der Waals surface area (Å²) in [7, 11) is 0. The summed E-state index contributed by atoms with van der Waals surface area (Å²) in [6.07, 6.45) is 5.18. The molecule has 10 heavy (non-hydrogen) atoms. The lowest BCUT2D eigenvalue weighted by Crippen LogP contribution is -1.95. The second-order valence-corrected chi connectivity index (χ2v) is 2.46. The fourth-order valence-electron chi connectivity index (χ4n) is 0.846. The average Bonchev–Trinajstić information content (AvgIpc) is 2.40. The average molecular weight is 135 g/mol. The second kappa shape index (κ2) is 3.25. The first-order valence-electron chi connectivity index (χ1n) is 3.60. The van der Waals surface area contributed by atoms with Crippen molar-refractivity contribution in [2.24, 2.45) is 0 Å². The first kappa shape index (κ1) is 7.13. The first-order chi connectivity index (χ1) is 4.83. The number of hydrogen-bond donors (Lipinski definition) is 0. The van der Waals surface area contributed by atoms with Gasteiger partial charge in [-0.1, -0.05) is 19.1 Å². The Morgan fingerprint density at radius 3 is 2.50 bits per heavy atom. The van der Waals surface area contributed by atoms with Crippen LogP contribution in [0.2, 0.25) is 0 Å². The van der Waals surface area contributed by atoms with Gasteiger partial charge in [0.05, 0.1) is 0 Å². The van der Waals surface area contributed by atoms with E-state index >= 15 is 0 Å². The SMILES string of the molecule is C=C(CC)Cn1cccc1. The van der Waals surface area contributed by atoms with Crippen LogP contribution >= 0.6 is 0 Å². The van der Waals surface area contributed by atoms with Crippen LogP contribution in [0.25, 0.3) is 0 Å². The van der Waals surface area contributed by atoms with Gasteiger partial charge >= 0.3 is 0 Å². The Kier molecular flexibility index (Phi) is 2.32. The molecule has 0 atom stereocenters. The number of rotatable bonds is 3. The maximum atomic E-state index is 3.93. The highest BCUT2D eigenvalue weighted by molar-refractivity contribution is 4.98. The summed E-state index contributed by atoms with van der Waals surface area (Å²) in [5.74, 6) is 0. The molecule has 0 saturated carbocycles. The molecule has 0 N–H and O–H groups in total. The second-order valence-electron chi connectivity index (χ2n) is 2.46. The van der Waals surface area contributed by atoms with E-state index in [0.29, 0.717) is 0 Å². The summed E-state index contributed by atoms with van der Waals surface area (Å²) < 4.78 is 2.13. The zero-order valence-corrected chi connectivity index (χ0v) is 6.38. The number of hydrogen-bond acceptors (Lipinski definition) is 0. The minimum absolute atomic E-state index is 0.962. The molecule has 0 aromatic carbocycles. The third-order valence-electron chi connectivity index (χ3n) is 1.57. The van der Waals surface area contributed by atoms with E-state index in [-0.39, 0.29) is 0 Å². The van der Waals surface area contributed by atoms with Gasteiger partial charge in [0.1, 0.15) is 0 Å². The Hall–Kier alpha value is -0.980. The molecule has 1 aromatic heterocycles. The van der Waals surface area contributed by atoms with Crippen molar-refractivity contribution in [2.45, 2.75) is 19.9 Å². The Morgan fingerprint density at radius 1 is 1.40 bits per heavy atom. The maximum Gasteiger partial charge on any atom is 0.0427 e. The van der Waals surface area contributed by atoms with Crippen molar-refractivity contribution >= 4 is 0 Å². The number of aromatic nitrogens is 1. The van der Waals surface area contributed by atoms with Crippen molar-refractivity contribution in [3.05, 3.63) is 36.7 Å². The fourth-order valence-corrected chi connectivity index (χ4v) is 0.846. The Morgan fingerprint density at radius 2 is 2.00 bits per heavy atom. The van der Waals surface area contributed by atoms with Gasteiger partial charge in [-0.2, -0.15) is 0 Å². The molecule has 0 fully saturated rings. The van der Waals surface area contributed by atoms with Gasteiger partial charge in [-0.25, -0.2) is 0 Å². The molecular weight excluding hydrogens is 122 g/mol. The van der Waals surface area contributed by atoms with Crippen LogP contribution in [-0.4, -0.2) is 4.57 Å². The molecule has 1 nitrogen and oxygen atoms in total. The normalized spacial score (nSPS) is 9.70. The topological polar surface area (TPSA) is 4.93 Å². The van der Waals surface area contributed by atoms with E-state index in [1.54, 1.807) is 0 Å². The van der Waals surface area contributed by atoms with Crippen LogP contribution in [0.15, 0.2) is 36.7 Å². The smallest absolute Gasteiger partial charge is 0.0427 e. The number of nitrogens with zero attached hydrogens (tertiary/aromatic N) is 1. The van der Waals surface area contributed by atoms with Crippen LogP contribution in [0.4, 0.5) is 0 Å². The van der Waals surface area contributed by atoms with Crippen LogP contribution in [0, 0.1) is 0 Å². The van der Waals surface area contributed by atoms with E-state index in [4.69, 9.17) is 0 Å². The minimum atomic E-state index is 0.962. The van der Waals surface area contributed by atoms with E-state index in [1.807, 2.05) is 12.1 Å². The summed E-state index contributed by atoms with van der Waals surface area (Å²) in [6, 6.07) is 4.06. The Bertz CT molecular complexity index is 197. The van der Waals surface area contributed by atoms with E-state index in [2.05, 4.69) is 30.5 Å². The van der Waals surface area contributed by atoms with Crippen molar-refractivity contribution < 1.29 is 0 Å². The summed E-state index contributed by atoms with van der Waals surface area (Å²) in [6.45, 7) is 7.02. The lowest BCUT2D eigenvalue weighted by Gasteiger charge is -2.02. The summed E-state index contributed by atoms with van der Waals surface area (Å²) in [5.41, 5.74) is 1.27. The summed E-state index contributed by atoms with van der Waals surface area (Å²) in [4.78, 5) is 0. The highest BCUT2D eigenvalue weighted by Gasteiger charge is 1.89. The van der Waals surface area contributed by atoms with E-state index in [0.717, 1.165) is 13.0 Å². The van der Waals surface area contributed by atoms with Crippen LogP contribution in [0.5, 0.6) is 0 Å². The molecule has 1 aromatic rings. The standard InChI is InChI=1S/C9H13N/c1-3-9(2)8-10-6-4-5-7-10/h4-7H,2-3,8H2,1H3. The molecule has 1 rings (SSSR count). The van der Waals surface area contributed by atoms with Gasteiger partial charge < -0.3 is 4.57 Å². The summed E-state index contributed by atoms with van der Waals surface area (Å²) in [5, 5.41) is 0. The van der Waals surface area contributed by atoms with Crippen molar-refractivity contribution in [2.75, 3.05) is 0 Å². The predicted molar refractivity (Wildman–Crippen MR) is 43.9 cm³/mol. The molecule has 1 heteroatoms. The molecule has 1 heterocycles. The van der Waals surface area contributed by atoms with Crippen molar-refractivity contribution in [3.63, 3.8) is 0 Å². The highest BCUT2D eigenvalue weighted by Crippen LogP contribution is 2.01. The molecule has 0 aliphatic heterocycles. The molecule has 0 saturated heterocycles. The molecular formula is C9H13N. The quantitative estimate of drug-likeness (QED) is 0.561. The van der Waals surface area contributed by atoms with Gasteiger partial charge in [-0.05, 0) is 18.6 Å². The highest BCUT2D eigenvalue weighted by atomic mass is 14.9. The van der Waals surface area contributed by atoms with Gasteiger partial charge in [0.15, 0.2) is 0 Å². The van der Waals surface area contributed by atoms with E-state index < -0.39 is 0 Å². The van der Waals surface area contributed by atoms with Crippen molar-refractivity contribution in [1.29, 1.82) is 0 Å². The van der Waals surface area contributed by atoms with Crippen LogP contribution in [-0.2, 0) is 6.54 Å². The van der Waals surface area contributed by atoms with Gasteiger partial charge in [0, 0.05) is 18.9 Å². The number of allylic oxidation sites excluding steroid dienone is 1. The first-order valence-corrected chi connectivity index (χ1v) is 3.60. The molecule has 0 aliphatic rings. The van der Waals surface area contributed by atoms with Crippen molar-refractivity contribution in [3.8, 4) is 0 Å². The molecule has 0 aliphatic carbocycles.